The van der Waals surface area contributed by atoms with Gasteiger partial charge in [0.05, 0.1) is 25.3 Å². The second-order valence-electron chi connectivity index (χ2n) is 4.00. The number of nitrogens with zero attached hydrogens (tertiary/aromatic N) is 4. The Hall–Kier alpha value is -1.73. The van der Waals surface area contributed by atoms with Crippen molar-refractivity contribution in [3.8, 4) is 0 Å². The van der Waals surface area contributed by atoms with Crippen LogP contribution < -0.4 is 5.73 Å². The Morgan fingerprint density at radius 3 is 2.72 bits per heavy atom. The summed E-state index contributed by atoms with van der Waals surface area (Å²) in [7, 11) is 3.29. The maximum Gasteiger partial charge on any atom is 0.155 e. The fraction of sp³-hybridized carbons (Fsp3) is 0.545. The van der Waals surface area contributed by atoms with Crippen LogP contribution >= 0.6 is 0 Å². The molecule has 18 heavy (non-hydrogen) atoms. The van der Waals surface area contributed by atoms with Crippen LogP contribution in [0.4, 0.5) is 5.82 Å². The van der Waals surface area contributed by atoms with E-state index in [0.717, 1.165) is 16.8 Å². The van der Waals surface area contributed by atoms with Gasteiger partial charge < -0.3 is 15.2 Å². The van der Waals surface area contributed by atoms with Crippen LogP contribution in [0.3, 0.4) is 0 Å². The fourth-order valence-electron chi connectivity index (χ4n) is 1.91. The van der Waals surface area contributed by atoms with Gasteiger partial charge in [-0.15, -0.1) is 5.10 Å². The van der Waals surface area contributed by atoms with Crippen LogP contribution in [-0.2, 0) is 22.6 Å². The zero-order valence-corrected chi connectivity index (χ0v) is 10.8. The Kier molecular flexibility index (Phi) is 3.73. The molecule has 0 aliphatic heterocycles. The van der Waals surface area contributed by atoms with Gasteiger partial charge in [-0.2, -0.15) is 0 Å². The SMILES string of the molecule is COCCn1nnc2c(N)nc(C)c(COC)c21. The predicted octanol–water partition coefficient (Wildman–Crippen LogP) is 0.510. The molecule has 0 spiro atoms. The second-order valence-corrected chi connectivity index (χ2v) is 4.00. The molecule has 0 bridgehead atoms. The van der Waals surface area contributed by atoms with Gasteiger partial charge in [0.2, 0.25) is 0 Å². The van der Waals surface area contributed by atoms with Crippen molar-refractivity contribution in [2.45, 2.75) is 20.1 Å². The molecule has 0 saturated heterocycles. The summed E-state index contributed by atoms with van der Waals surface area (Å²) < 4.78 is 12.0. The summed E-state index contributed by atoms with van der Waals surface area (Å²) in [5.41, 5.74) is 9.15. The van der Waals surface area contributed by atoms with Crippen LogP contribution in [0.25, 0.3) is 11.0 Å². The number of methoxy groups -OCH3 is 2. The van der Waals surface area contributed by atoms with Crippen LogP contribution in [-0.4, -0.2) is 40.8 Å². The van der Waals surface area contributed by atoms with Gasteiger partial charge in [-0.05, 0) is 6.92 Å². The standard InChI is InChI=1S/C11H17N5O2/c1-7-8(6-18-3)10-9(11(12)13-7)14-15-16(10)4-5-17-2/h4-6H2,1-3H3,(H2,12,13). The minimum atomic E-state index is 0.394. The molecule has 98 valence electrons. The van der Waals surface area contributed by atoms with E-state index in [1.54, 1.807) is 18.9 Å². The first kappa shape index (κ1) is 12.7. The molecule has 7 nitrogen and oxygen atoms in total. The molecule has 0 aliphatic rings. The number of nitrogens with two attached hydrogens (primary N) is 1. The monoisotopic (exact) mass is 251 g/mol. The molecule has 0 aromatic carbocycles. The van der Waals surface area contributed by atoms with E-state index in [1.807, 2.05) is 6.92 Å². The molecular weight excluding hydrogens is 234 g/mol. The molecule has 2 aromatic rings. The number of hydrogen-bond acceptors (Lipinski definition) is 6. The number of ether oxygens (including phenoxy) is 2. The van der Waals surface area contributed by atoms with Crippen molar-refractivity contribution in [3.05, 3.63) is 11.3 Å². The van der Waals surface area contributed by atoms with Crippen LogP contribution in [0.1, 0.15) is 11.3 Å². The lowest BCUT2D eigenvalue weighted by atomic mass is 10.1. The molecule has 0 fully saturated rings. The van der Waals surface area contributed by atoms with Crippen LogP contribution in [0.5, 0.6) is 0 Å². The molecule has 0 amide bonds. The minimum Gasteiger partial charge on any atom is -0.383 e. The number of rotatable bonds is 5. The molecule has 0 unspecified atom stereocenters. The highest BCUT2D eigenvalue weighted by molar-refractivity contribution is 5.87. The molecule has 2 N–H and O–H groups in total. The molecule has 2 aromatic heterocycles. The van der Waals surface area contributed by atoms with Crippen molar-refractivity contribution in [3.63, 3.8) is 0 Å². The van der Waals surface area contributed by atoms with Gasteiger partial charge >= 0.3 is 0 Å². The van der Waals surface area contributed by atoms with Gasteiger partial charge in [0.25, 0.3) is 0 Å². The van der Waals surface area contributed by atoms with Crippen molar-refractivity contribution in [1.82, 2.24) is 20.0 Å². The summed E-state index contributed by atoms with van der Waals surface area (Å²) in [6, 6.07) is 0. The topological polar surface area (TPSA) is 88.1 Å². The van der Waals surface area contributed by atoms with E-state index in [1.165, 1.54) is 0 Å². The third-order valence-electron chi connectivity index (χ3n) is 2.78. The average molecular weight is 251 g/mol. The highest BCUT2D eigenvalue weighted by Gasteiger charge is 2.16. The van der Waals surface area contributed by atoms with Crippen molar-refractivity contribution >= 4 is 16.9 Å². The number of aromatic nitrogens is 4. The smallest absolute Gasteiger partial charge is 0.155 e. The lowest BCUT2D eigenvalue weighted by Gasteiger charge is -2.09. The quantitative estimate of drug-likeness (QED) is 0.833. The Labute approximate surface area is 105 Å². The van der Waals surface area contributed by atoms with Crippen LogP contribution in [0.2, 0.25) is 0 Å². The van der Waals surface area contributed by atoms with E-state index in [9.17, 15) is 0 Å². The summed E-state index contributed by atoms with van der Waals surface area (Å²) in [4.78, 5) is 4.26. The van der Waals surface area contributed by atoms with Gasteiger partial charge in [-0.3, -0.25) is 0 Å². The number of nitrogen functional groups attached to an aromatic ring is 1. The lowest BCUT2D eigenvalue weighted by molar-refractivity contribution is 0.180. The van der Waals surface area contributed by atoms with Crippen molar-refractivity contribution in [2.75, 3.05) is 26.6 Å². The number of hydrogen-bond donors (Lipinski definition) is 1. The third-order valence-corrected chi connectivity index (χ3v) is 2.78. The molecule has 7 heteroatoms. The number of pyridine rings is 1. The minimum absolute atomic E-state index is 0.394. The number of fused-ring (bicyclic) bond motifs is 1. The van der Waals surface area contributed by atoms with E-state index in [0.29, 0.717) is 31.1 Å². The lowest BCUT2D eigenvalue weighted by Crippen LogP contribution is -2.09. The summed E-state index contributed by atoms with van der Waals surface area (Å²) in [5.74, 6) is 0.394. The van der Waals surface area contributed by atoms with E-state index in [-0.39, 0.29) is 0 Å². The van der Waals surface area contributed by atoms with Crippen molar-refractivity contribution < 1.29 is 9.47 Å². The molecule has 2 rings (SSSR count). The number of aryl methyl sites for hydroxylation is 1. The fourth-order valence-corrected chi connectivity index (χ4v) is 1.91. The van der Waals surface area contributed by atoms with Gasteiger partial charge in [0.1, 0.15) is 0 Å². The molecule has 0 radical (unpaired) electrons. The molecule has 0 aliphatic carbocycles. The highest BCUT2D eigenvalue weighted by atomic mass is 16.5. The van der Waals surface area contributed by atoms with Gasteiger partial charge in [-0.1, -0.05) is 5.21 Å². The van der Waals surface area contributed by atoms with Gasteiger partial charge in [-0.25, -0.2) is 9.67 Å². The first-order valence-electron chi connectivity index (χ1n) is 5.65. The zero-order valence-electron chi connectivity index (χ0n) is 10.8. The predicted molar refractivity (Wildman–Crippen MR) is 67.1 cm³/mol. The Bertz CT molecular complexity index is 552. The summed E-state index contributed by atoms with van der Waals surface area (Å²) in [5, 5.41) is 8.16. The normalized spacial score (nSPS) is 11.3. The van der Waals surface area contributed by atoms with E-state index < -0.39 is 0 Å². The Morgan fingerprint density at radius 2 is 2.06 bits per heavy atom. The average Bonchev–Trinajstić information content (AvgIpc) is 2.76. The van der Waals surface area contributed by atoms with Crippen molar-refractivity contribution in [2.24, 2.45) is 0 Å². The molecule has 2 heterocycles. The highest BCUT2D eigenvalue weighted by Crippen LogP contribution is 2.24. The largest absolute Gasteiger partial charge is 0.383 e. The maximum absolute atomic E-state index is 5.87. The Balaban J connectivity index is 2.59. The van der Waals surface area contributed by atoms with E-state index in [4.69, 9.17) is 15.2 Å². The van der Waals surface area contributed by atoms with E-state index in [2.05, 4.69) is 15.3 Å². The van der Waals surface area contributed by atoms with Crippen molar-refractivity contribution in [1.29, 1.82) is 0 Å². The molecule has 0 saturated carbocycles. The first-order chi connectivity index (χ1) is 8.69. The maximum atomic E-state index is 5.87. The Morgan fingerprint density at radius 1 is 1.28 bits per heavy atom. The van der Waals surface area contributed by atoms with Gasteiger partial charge in [0.15, 0.2) is 11.3 Å². The molecular formula is C11H17N5O2. The zero-order chi connectivity index (χ0) is 13.1. The van der Waals surface area contributed by atoms with E-state index >= 15 is 0 Å². The van der Waals surface area contributed by atoms with Gasteiger partial charge in [0, 0.05) is 25.5 Å². The van der Waals surface area contributed by atoms with Crippen LogP contribution in [0.15, 0.2) is 0 Å². The molecule has 0 atom stereocenters. The first-order valence-corrected chi connectivity index (χ1v) is 5.65. The number of anilines is 1. The summed E-state index contributed by atoms with van der Waals surface area (Å²) >= 11 is 0. The van der Waals surface area contributed by atoms with Crippen LogP contribution in [0, 0.1) is 6.92 Å². The summed E-state index contributed by atoms with van der Waals surface area (Å²) in [6.07, 6.45) is 0. The third kappa shape index (κ3) is 2.14. The second kappa shape index (κ2) is 5.28. The summed E-state index contributed by atoms with van der Waals surface area (Å²) in [6.45, 7) is 3.53.